The maximum atomic E-state index is 11.3. The van der Waals surface area contributed by atoms with Gasteiger partial charge in [0.1, 0.15) is 5.92 Å². The van der Waals surface area contributed by atoms with E-state index in [-0.39, 0.29) is 13.2 Å². The SMILES string of the molecule is C/C(=C\CC/C(C)=C/CC/C(C)=C/CC/C(C)=C/CO[C@@H](C(=O)O)[C@H](CC(=O)O)C(=O)O)CO. The molecule has 0 aromatic carbocycles. The molecule has 0 aromatic heterocycles. The van der Waals surface area contributed by atoms with Gasteiger partial charge in [0.2, 0.25) is 0 Å². The number of carbonyl (C=O) groups is 3. The summed E-state index contributed by atoms with van der Waals surface area (Å²) in [5, 5.41) is 36.2. The van der Waals surface area contributed by atoms with Crippen LogP contribution in [0.25, 0.3) is 0 Å². The highest BCUT2D eigenvalue weighted by molar-refractivity contribution is 5.85. The first-order valence-electron chi connectivity index (χ1n) is 11.5. The third kappa shape index (κ3) is 15.2. The zero-order valence-electron chi connectivity index (χ0n) is 20.7. The van der Waals surface area contributed by atoms with Gasteiger partial charge in [-0.3, -0.25) is 9.59 Å². The largest absolute Gasteiger partial charge is 0.481 e. The first-order valence-corrected chi connectivity index (χ1v) is 11.5. The molecule has 0 saturated heterocycles. The van der Waals surface area contributed by atoms with Gasteiger partial charge in [-0.1, -0.05) is 46.6 Å². The summed E-state index contributed by atoms with van der Waals surface area (Å²) < 4.78 is 5.19. The van der Waals surface area contributed by atoms with E-state index in [9.17, 15) is 19.5 Å². The molecule has 34 heavy (non-hydrogen) atoms. The molecule has 8 nitrogen and oxygen atoms in total. The fraction of sp³-hybridized carbons (Fsp3) is 0.577. The summed E-state index contributed by atoms with van der Waals surface area (Å²) in [5.74, 6) is -6.07. The highest BCUT2D eigenvalue weighted by atomic mass is 16.5. The van der Waals surface area contributed by atoms with Crippen molar-refractivity contribution in [2.45, 2.75) is 78.7 Å². The smallest absolute Gasteiger partial charge is 0.333 e. The minimum Gasteiger partial charge on any atom is -0.481 e. The van der Waals surface area contributed by atoms with E-state index in [4.69, 9.17) is 20.1 Å². The summed E-state index contributed by atoms with van der Waals surface area (Å²) in [4.78, 5) is 33.4. The van der Waals surface area contributed by atoms with Crippen molar-refractivity contribution in [3.8, 4) is 0 Å². The van der Waals surface area contributed by atoms with E-state index in [0.29, 0.717) is 0 Å². The van der Waals surface area contributed by atoms with Crippen LogP contribution in [0.1, 0.15) is 72.6 Å². The summed E-state index contributed by atoms with van der Waals surface area (Å²) in [6.07, 6.45) is 11.0. The first kappa shape index (κ1) is 31.3. The van der Waals surface area contributed by atoms with Crippen molar-refractivity contribution >= 4 is 17.9 Å². The second kappa shape index (κ2) is 17.7. The zero-order chi connectivity index (χ0) is 26.1. The average Bonchev–Trinajstić information content (AvgIpc) is 2.74. The van der Waals surface area contributed by atoms with E-state index < -0.39 is 36.4 Å². The molecule has 0 saturated carbocycles. The minimum atomic E-state index is -1.73. The van der Waals surface area contributed by atoms with E-state index >= 15 is 0 Å². The van der Waals surface area contributed by atoms with Crippen LogP contribution in [0.2, 0.25) is 0 Å². The van der Waals surface area contributed by atoms with Crippen molar-refractivity contribution in [2.75, 3.05) is 13.2 Å². The van der Waals surface area contributed by atoms with E-state index in [1.165, 1.54) is 11.1 Å². The van der Waals surface area contributed by atoms with Gasteiger partial charge in [0.25, 0.3) is 0 Å². The van der Waals surface area contributed by atoms with Crippen LogP contribution in [0.3, 0.4) is 0 Å². The Morgan fingerprint density at radius 3 is 1.53 bits per heavy atom. The van der Waals surface area contributed by atoms with Gasteiger partial charge in [0.15, 0.2) is 6.10 Å². The lowest BCUT2D eigenvalue weighted by atomic mass is 9.98. The second-order valence-electron chi connectivity index (χ2n) is 8.61. The second-order valence-corrected chi connectivity index (χ2v) is 8.61. The summed E-state index contributed by atoms with van der Waals surface area (Å²) in [5.41, 5.74) is 4.59. The molecule has 0 aliphatic rings. The molecule has 0 aliphatic heterocycles. The van der Waals surface area contributed by atoms with Crippen LogP contribution in [0.15, 0.2) is 46.6 Å². The number of carboxylic acid groups (broad SMARTS) is 3. The maximum absolute atomic E-state index is 11.3. The molecule has 0 fully saturated rings. The molecule has 0 spiro atoms. The predicted molar refractivity (Wildman–Crippen MR) is 131 cm³/mol. The fourth-order valence-electron chi connectivity index (χ4n) is 3.18. The molecule has 8 heteroatoms. The van der Waals surface area contributed by atoms with Crippen LogP contribution >= 0.6 is 0 Å². The van der Waals surface area contributed by atoms with Crippen molar-refractivity contribution in [1.82, 2.24) is 0 Å². The Balaban J connectivity index is 4.51. The molecule has 0 rings (SSSR count). The Kier molecular flexibility index (Phi) is 16.3. The topological polar surface area (TPSA) is 141 Å². The van der Waals surface area contributed by atoms with Crippen molar-refractivity contribution in [3.63, 3.8) is 0 Å². The molecule has 0 bridgehead atoms. The molecule has 0 amide bonds. The predicted octanol–water partition coefficient (Wildman–Crippen LogP) is 4.75. The third-order valence-electron chi connectivity index (χ3n) is 5.37. The summed E-state index contributed by atoms with van der Waals surface area (Å²) in [6, 6.07) is 0. The Morgan fingerprint density at radius 1 is 0.706 bits per heavy atom. The Morgan fingerprint density at radius 2 is 1.15 bits per heavy atom. The molecular formula is C26H40O8. The maximum Gasteiger partial charge on any atom is 0.333 e. The lowest BCUT2D eigenvalue weighted by Crippen LogP contribution is -2.38. The van der Waals surface area contributed by atoms with Crippen LogP contribution < -0.4 is 0 Å². The molecule has 0 aliphatic carbocycles. The van der Waals surface area contributed by atoms with Gasteiger partial charge in [-0.15, -0.1) is 0 Å². The molecule has 4 N–H and O–H groups in total. The van der Waals surface area contributed by atoms with Crippen LogP contribution in [-0.4, -0.2) is 57.7 Å². The van der Waals surface area contributed by atoms with Crippen LogP contribution in [0.4, 0.5) is 0 Å². The molecule has 0 unspecified atom stereocenters. The van der Waals surface area contributed by atoms with Crippen LogP contribution in [0.5, 0.6) is 0 Å². The van der Waals surface area contributed by atoms with Crippen molar-refractivity contribution in [2.24, 2.45) is 5.92 Å². The quantitative estimate of drug-likeness (QED) is 0.206. The summed E-state index contributed by atoms with van der Waals surface area (Å²) in [7, 11) is 0. The highest BCUT2D eigenvalue weighted by Crippen LogP contribution is 2.16. The van der Waals surface area contributed by atoms with Gasteiger partial charge >= 0.3 is 17.9 Å². The first-order chi connectivity index (χ1) is 16.0. The minimum absolute atomic E-state index is 0.105. The molecule has 0 heterocycles. The van der Waals surface area contributed by atoms with E-state index in [1.54, 1.807) is 6.08 Å². The monoisotopic (exact) mass is 480 g/mol. The lowest BCUT2D eigenvalue weighted by Gasteiger charge is -2.18. The normalized spacial score (nSPS) is 15.2. The fourth-order valence-corrected chi connectivity index (χ4v) is 3.18. The molecule has 0 aromatic rings. The summed E-state index contributed by atoms with van der Waals surface area (Å²) in [6.45, 7) is 8.01. The van der Waals surface area contributed by atoms with Crippen molar-refractivity contribution in [3.05, 3.63) is 46.6 Å². The number of aliphatic hydroxyl groups is 1. The number of aliphatic carboxylic acids is 3. The number of hydrogen-bond acceptors (Lipinski definition) is 5. The van der Waals surface area contributed by atoms with Crippen molar-refractivity contribution in [1.29, 1.82) is 0 Å². The molecule has 0 radical (unpaired) electrons. The van der Waals surface area contributed by atoms with Crippen LogP contribution in [-0.2, 0) is 19.1 Å². The van der Waals surface area contributed by atoms with Gasteiger partial charge in [-0.25, -0.2) is 4.79 Å². The molecular weight excluding hydrogens is 440 g/mol. The Hall–Kier alpha value is -2.71. The highest BCUT2D eigenvalue weighted by Gasteiger charge is 2.36. The molecule has 2 atom stereocenters. The zero-order valence-corrected chi connectivity index (χ0v) is 20.7. The molecule has 192 valence electrons. The van der Waals surface area contributed by atoms with Gasteiger partial charge in [-0.05, 0) is 66.2 Å². The number of rotatable bonds is 18. The van der Waals surface area contributed by atoms with Gasteiger partial charge in [-0.2, -0.15) is 0 Å². The summed E-state index contributed by atoms with van der Waals surface area (Å²) >= 11 is 0. The number of hydrogen-bond donors (Lipinski definition) is 4. The number of allylic oxidation sites excluding steroid dienone is 6. The number of ether oxygens (including phenoxy) is 1. The van der Waals surface area contributed by atoms with E-state index in [1.807, 2.05) is 13.8 Å². The van der Waals surface area contributed by atoms with Crippen LogP contribution in [0, 0.1) is 5.92 Å². The van der Waals surface area contributed by atoms with E-state index in [0.717, 1.165) is 49.7 Å². The number of aliphatic hydroxyl groups excluding tert-OH is 1. The number of carboxylic acids is 3. The third-order valence-corrected chi connectivity index (χ3v) is 5.37. The van der Waals surface area contributed by atoms with Gasteiger partial charge in [0.05, 0.1) is 19.6 Å². The van der Waals surface area contributed by atoms with Gasteiger partial charge < -0.3 is 25.2 Å². The van der Waals surface area contributed by atoms with Gasteiger partial charge in [0, 0.05) is 0 Å². The lowest BCUT2D eigenvalue weighted by molar-refractivity contribution is -0.165. The van der Waals surface area contributed by atoms with E-state index in [2.05, 4.69) is 32.1 Å². The van der Waals surface area contributed by atoms with Crippen molar-refractivity contribution < 1.29 is 39.5 Å². The standard InChI is InChI=1S/C26H40O8/c1-18(8-5-9-19(2)11-7-13-21(4)17-27)10-6-12-20(3)14-15-34-24(26(32)33)22(25(30)31)16-23(28)29/h9-10,13-14,22,24,27H,5-8,11-12,15-17H2,1-4H3,(H,28,29)(H,30,31)(H,32,33)/b18-10+,19-9+,20-14+,21-13+/t22-,24+/m0/s1. The Bertz CT molecular complexity index is 789. The Labute approximate surface area is 202 Å². The average molecular weight is 481 g/mol.